The van der Waals surface area contributed by atoms with E-state index in [9.17, 15) is 15.0 Å². The Morgan fingerprint density at radius 1 is 1.00 bits per heavy atom. The lowest BCUT2D eigenvalue weighted by molar-refractivity contribution is -0.212. The van der Waals surface area contributed by atoms with Gasteiger partial charge < -0.3 is 15.5 Å². The van der Waals surface area contributed by atoms with Gasteiger partial charge in [-0.2, -0.15) is 0 Å². The van der Waals surface area contributed by atoms with Crippen LogP contribution in [0.15, 0.2) is 23.3 Å². The van der Waals surface area contributed by atoms with Crippen LogP contribution in [0.3, 0.4) is 0 Å². The molecule has 0 bridgehead atoms. The van der Waals surface area contributed by atoms with Crippen molar-refractivity contribution in [3.05, 3.63) is 23.3 Å². The van der Waals surface area contributed by atoms with Crippen LogP contribution in [0.5, 0.6) is 0 Å². The van der Waals surface area contributed by atoms with E-state index in [0.29, 0.717) is 40.0 Å². The largest absolute Gasteiger partial charge is 0.481 e. The van der Waals surface area contributed by atoms with Crippen molar-refractivity contribution < 1.29 is 15.0 Å². The van der Waals surface area contributed by atoms with E-state index in [1.165, 1.54) is 68.9 Å². The summed E-state index contributed by atoms with van der Waals surface area (Å²) in [5.41, 5.74) is 4.21. The topological polar surface area (TPSA) is 69.6 Å². The van der Waals surface area contributed by atoms with Crippen molar-refractivity contribution in [3.63, 3.8) is 0 Å². The van der Waals surface area contributed by atoms with Gasteiger partial charge in [-0.25, -0.2) is 0 Å². The van der Waals surface area contributed by atoms with E-state index in [2.05, 4.69) is 52.1 Å². The molecule has 0 aliphatic heterocycles. The van der Waals surface area contributed by atoms with Gasteiger partial charge in [-0.05, 0) is 141 Å². The van der Waals surface area contributed by atoms with E-state index in [4.69, 9.17) is 0 Å². The number of nitrogens with one attached hydrogen (secondary N) is 1. The zero-order valence-corrected chi connectivity index (χ0v) is 25.7. The van der Waals surface area contributed by atoms with Crippen molar-refractivity contribution in [1.82, 2.24) is 5.32 Å². The predicted octanol–water partition coefficient (Wildman–Crippen LogP) is 7.91. The zero-order valence-electron chi connectivity index (χ0n) is 25.7. The van der Waals surface area contributed by atoms with Crippen molar-refractivity contribution in [2.24, 2.45) is 45.8 Å². The minimum atomic E-state index is -0.688. The number of aliphatic carboxylic acids is 1. The molecule has 0 heterocycles. The highest BCUT2D eigenvalue weighted by molar-refractivity contribution is 5.67. The summed E-state index contributed by atoms with van der Waals surface area (Å²) in [5.74, 6) is 2.89. The molecule has 39 heavy (non-hydrogen) atoms. The van der Waals surface area contributed by atoms with Crippen molar-refractivity contribution in [2.45, 2.75) is 130 Å². The lowest BCUT2D eigenvalue weighted by Crippen LogP contribution is -2.67. The van der Waals surface area contributed by atoms with Crippen molar-refractivity contribution in [1.29, 1.82) is 0 Å². The number of hydrogen-bond donors (Lipinski definition) is 3. The molecule has 4 nitrogen and oxygen atoms in total. The fourth-order valence-corrected chi connectivity index (χ4v) is 11.8. The SMILES string of the molecule is CC/C=C(\CCC(=O)O)C1=CCC2(C)C(CCC3(C)C2CCC2[C@H]4CCCC4(NCCCO)CC[C@]23C)C1C. The summed E-state index contributed by atoms with van der Waals surface area (Å²) in [6.45, 7) is 14.0. The smallest absolute Gasteiger partial charge is 0.303 e. The highest BCUT2D eigenvalue weighted by atomic mass is 16.4. The maximum Gasteiger partial charge on any atom is 0.303 e. The van der Waals surface area contributed by atoms with Gasteiger partial charge in [0.1, 0.15) is 0 Å². The molecule has 0 spiro atoms. The Morgan fingerprint density at radius 2 is 1.79 bits per heavy atom. The van der Waals surface area contributed by atoms with Crippen LogP contribution in [0.25, 0.3) is 0 Å². The van der Waals surface area contributed by atoms with Gasteiger partial charge in [0.15, 0.2) is 0 Å². The quantitative estimate of drug-likeness (QED) is 0.260. The molecular formula is C35H57NO3. The van der Waals surface area contributed by atoms with Crippen LogP contribution < -0.4 is 5.32 Å². The second kappa shape index (κ2) is 10.9. The van der Waals surface area contributed by atoms with Crippen LogP contribution in [0.4, 0.5) is 0 Å². The summed E-state index contributed by atoms with van der Waals surface area (Å²) in [6, 6.07) is 0. The van der Waals surface area contributed by atoms with Gasteiger partial charge in [0.2, 0.25) is 0 Å². The Bertz CT molecular complexity index is 986. The molecule has 9 atom stereocenters. The van der Waals surface area contributed by atoms with Gasteiger partial charge in [0.05, 0.1) is 0 Å². The molecule has 0 saturated heterocycles. The van der Waals surface area contributed by atoms with Gasteiger partial charge in [-0.1, -0.05) is 53.2 Å². The van der Waals surface area contributed by atoms with Crippen LogP contribution in [0, 0.1) is 45.8 Å². The van der Waals surface area contributed by atoms with Gasteiger partial charge >= 0.3 is 5.97 Å². The second-order valence-electron chi connectivity index (χ2n) is 15.1. The molecule has 5 aliphatic carbocycles. The summed E-state index contributed by atoms with van der Waals surface area (Å²) < 4.78 is 0. The average Bonchev–Trinajstić information content (AvgIpc) is 3.31. The summed E-state index contributed by atoms with van der Waals surface area (Å²) in [6.07, 6.45) is 20.9. The highest BCUT2D eigenvalue weighted by Gasteiger charge is 2.68. The van der Waals surface area contributed by atoms with E-state index in [0.717, 1.165) is 43.6 Å². The second-order valence-corrected chi connectivity index (χ2v) is 15.1. The highest BCUT2D eigenvalue weighted by Crippen LogP contribution is 2.74. The molecule has 0 radical (unpaired) electrons. The number of carboxylic acid groups (broad SMARTS) is 1. The minimum Gasteiger partial charge on any atom is -0.481 e. The van der Waals surface area contributed by atoms with Crippen molar-refractivity contribution in [3.8, 4) is 0 Å². The molecule has 4 fully saturated rings. The first-order chi connectivity index (χ1) is 18.6. The maximum absolute atomic E-state index is 11.4. The fourth-order valence-electron chi connectivity index (χ4n) is 11.8. The monoisotopic (exact) mass is 539 g/mol. The van der Waals surface area contributed by atoms with Crippen molar-refractivity contribution in [2.75, 3.05) is 13.2 Å². The maximum atomic E-state index is 11.4. The summed E-state index contributed by atoms with van der Waals surface area (Å²) >= 11 is 0. The molecule has 4 heteroatoms. The molecule has 5 aliphatic rings. The number of carbonyl (C=O) groups is 1. The van der Waals surface area contributed by atoms with E-state index >= 15 is 0 Å². The molecule has 4 saturated carbocycles. The van der Waals surface area contributed by atoms with Gasteiger partial charge in [-0.3, -0.25) is 4.79 Å². The summed E-state index contributed by atoms with van der Waals surface area (Å²) in [7, 11) is 0. The van der Waals surface area contributed by atoms with Crippen LogP contribution >= 0.6 is 0 Å². The number of aliphatic hydroxyl groups excluding tert-OH is 1. The Labute approximate surface area is 238 Å². The van der Waals surface area contributed by atoms with Gasteiger partial charge in [0.25, 0.3) is 0 Å². The fraction of sp³-hybridized carbons (Fsp3) is 0.857. The molecule has 3 N–H and O–H groups in total. The predicted molar refractivity (Wildman–Crippen MR) is 159 cm³/mol. The normalized spacial score (nSPS) is 45.5. The molecule has 5 rings (SSSR count). The van der Waals surface area contributed by atoms with E-state index in [1.54, 1.807) is 0 Å². The molecule has 7 unspecified atom stereocenters. The Hall–Kier alpha value is -1.13. The Balaban J connectivity index is 1.41. The van der Waals surface area contributed by atoms with Gasteiger partial charge in [-0.15, -0.1) is 0 Å². The number of rotatable bonds is 9. The molecule has 0 aromatic carbocycles. The van der Waals surface area contributed by atoms with Crippen molar-refractivity contribution >= 4 is 5.97 Å². The first-order valence-electron chi connectivity index (χ1n) is 16.5. The third-order valence-electron chi connectivity index (χ3n) is 13.8. The number of allylic oxidation sites excluding steroid dienone is 4. The molecule has 0 amide bonds. The molecule has 0 aromatic heterocycles. The first-order valence-corrected chi connectivity index (χ1v) is 16.5. The summed E-state index contributed by atoms with van der Waals surface area (Å²) in [4.78, 5) is 11.4. The Morgan fingerprint density at radius 3 is 2.51 bits per heavy atom. The van der Waals surface area contributed by atoms with Crippen LogP contribution in [-0.4, -0.2) is 34.9 Å². The lowest BCUT2D eigenvalue weighted by Gasteiger charge is -2.71. The molecular weight excluding hydrogens is 482 g/mol. The van der Waals surface area contributed by atoms with Crippen LogP contribution in [0.1, 0.15) is 125 Å². The number of fused-ring (bicyclic) bond motifs is 7. The third-order valence-corrected chi connectivity index (χ3v) is 13.8. The number of aliphatic hydroxyl groups is 1. The standard InChI is InChI=1S/C35H57NO3/c1-6-9-25(11-14-31(38)39)26-15-18-32(3)27(24(26)2)16-19-34(5)30(32)13-12-28-29-10-7-17-35(29,36-22-8-23-37)21-20-33(28,34)4/h9,15,24,27-30,36-37H,6-8,10-14,16-23H2,1-5H3,(H,38,39)/b25-9+/t24?,27?,28?,29-,30?,32?,33-,34?,35?/m1/s1. The molecule has 220 valence electrons. The lowest BCUT2D eigenvalue weighted by atomic mass is 9.34. The molecule has 0 aromatic rings. The number of hydrogen-bond acceptors (Lipinski definition) is 3. The zero-order chi connectivity index (χ0) is 28.1. The third kappa shape index (κ3) is 4.59. The Kier molecular flexibility index (Phi) is 8.23. The average molecular weight is 540 g/mol. The van der Waals surface area contributed by atoms with E-state index < -0.39 is 5.97 Å². The van der Waals surface area contributed by atoms with E-state index in [1.807, 2.05) is 0 Å². The number of carboxylic acids is 1. The first kappa shape index (κ1) is 29.4. The van der Waals surface area contributed by atoms with Crippen LogP contribution in [0.2, 0.25) is 0 Å². The van der Waals surface area contributed by atoms with Crippen LogP contribution in [-0.2, 0) is 4.79 Å². The minimum absolute atomic E-state index is 0.232. The van der Waals surface area contributed by atoms with E-state index in [-0.39, 0.29) is 13.0 Å². The van der Waals surface area contributed by atoms with Gasteiger partial charge in [0, 0.05) is 18.6 Å². The summed E-state index contributed by atoms with van der Waals surface area (Å²) in [5, 5.41) is 22.8.